The van der Waals surface area contributed by atoms with Gasteiger partial charge >= 0.3 is 0 Å². The largest absolute Gasteiger partial charge is 0.216 e. The van der Waals surface area contributed by atoms with Gasteiger partial charge in [0.05, 0.1) is 0 Å². The summed E-state index contributed by atoms with van der Waals surface area (Å²) in [6, 6.07) is 0. The molecule has 1 heterocycles. The molecule has 0 aromatic rings. The van der Waals surface area contributed by atoms with Gasteiger partial charge in [0.1, 0.15) is 0 Å². The van der Waals surface area contributed by atoms with Crippen LogP contribution in [0.25, 0.3) is 0 Å². The van der Waals surface area contributed by atoms with Crippen molar-refractivity contribution in [3.8, 4) is 12.3 Å². The molecular formula is C16H22S. The Bertz CT molecular complexity index is 408. The third-order valence-electron chi connectivity index (χ3n) is 3.79. The van der Waals surface area contributed by atoms with E-state index in [2.05, 4.69) is 37.0 Å². The van der Waals surface area contributed by atoms with E-state index in [-0.39, 0.29) is 0 Å². The van der Waals surface area contributed by atoms with Gasteiger partial charge in [0.25, 0.3) is 0 Å². The Hall–Kier alpha value is -0.870. The second-order valence-electron chi connectivity index (χ2n) is 5.30. The topological polar surface area (TPSA) is 0 Å². The third-order valence-corrected chi connectivity index (χ3v) is 7.45. The molecule has 0 radical (unpaired) electrons. The van der Waals surface area contributed by atoms with Crippen LogP contribution in [-0.2, 0) is 0 Å². The van der Waals surface area contributed by atoms with Gasteiger partial charge in [-0.1, -0.05) is 24.3 Å². The highest BCUT2D eigenvalue weighted by Gasteiger charge is 2.32. The van der Waals surface area contributed by atoms with Crippen LogP contribution in [0.1, 0.15) is 25.7 Å². The monoisotopic (exact) mass is 246 g/mol. The summed E-state index contributed by atoms with van der Waals surface area (Å²) >= 11 is 0. The van der Waals surface area contributed by atoms with E-state index >= 15 is 0 Å². The fourth-order valence-electron chi connectivity index (χ4n) is 2.63. The van der Waals surface area contributed by atoms with Crippen LogP contribution in [0.2, 0.25) is 0 Å². The van der Waals surface area contributed by atoms with E-state index in [1.54, 1.807) is 0 Å². The zero-order valence-electron chi connectivity index (χ0n) is 10.7. The number of hydrogen-bond acceptors (Lipinski definition) is 0. The summed E-state index contributed by atoms with van der Waals surface area (Å²) in [5.41, 5.74) is 1.29. The Morgan fingerprint density at radius 3 is 3.06 bits per heavy atom. The summed E-state index contributed by atoms with van der Waals surface area (Å²) in [6.45, 7) is 4.17. The van der Waals surface area contributed by atoms with E-state index in [0.29, 0.717) is 5.92 Å². The molecule has 2 aliphatic rings. The first-order valence-corrected chi connectivity index (χ1v) is 8.78. The Balaban J connectivity index is 2.23. The first-order chi connectivity index (χ1) is 8.14. The van der Waals surface area contributed by atoms with Crippen LogP contribution in [-0.4, -0.2) is 17.8 Å². The van der Waals surface area contributed by atoms with Gasteiger partial charge in [-0.25, -0.2) is 10.0 Å². The van der Waals surface area contributed by atoms with Gasteiger partial charge in [-0.2, -0.15) is 0 Å². The minimum Gasteiger partial charge on any atom is -0.216 e. The average molecular weight is 246 g/mol. The molecule has 1 saturated heterocycles. The predicted molar refractivity (Wildman–Crippen MR) is 80.4 cm³/mol. The highest BCUT2D eigenvalue weighted by atomic mass is 32.3. The first-order valence-electron chi connectivity index (χ1n) is 6.40. The molecule has 0 N–H and O–H groups in total. The Morgan fingerprint density at radius 1 is 1.53 bits per heavy atom. The van der Waals surface area contributed by atoms with Crippen molar-refractivity contribution in [2.75, 3.05) is 17.8 Å². The molecule has 1 aliphatic carbocycles. The second-order valence-corrected chi connectivity index (χ2v) is 9.06. The molecule has 0 spiro atoms. The molecule has 0 saturated carbocycles. The van der Waals surface area contributed by atoms with Crippen LogP contribution in [0.15, 0.2) is 35.3 Å². The lowest BCUT2D eigenvalue weighted by Gasteiger charge is -2.33. The number of rotatable bonds is 1. The maximum absolute atomic E-state index is 5.58. The van der Waals surface area contributed by atoms with Crippen molar-refractivity contribution in [2.24, 2.45) is 5.92 Å². The van der Waals surface area contributed by atoms with E-state index in [1.807, 2.05) is 0 Å². The van der Waals surface area contributed by atoms with E-state index in [1.165, 1.54) is 41.2 Å². The maximum Gasteiger partial charge on any atom is 0.0286 e. The van der Waals surface area contributed by atoms with Gasteiger partial charge in [-0.15, -0.1) is 12.3 Å². The van der Waals surface area contributed by atoms with Crippen LogP contribution in [0.4, 0.5) is 0 Å². The van der Waals surface area contributed by atoms with Gasteiger partial charge in [0.15, 0.2) is 0 Å². The van der Waals surface area contributed by atoms with Crippen molar-refractivity contribution in [1.82, 2.24) is 0 Å². The van der Waals surface area contributed by atoms with Gasteiger partial charge in [0, 0.05) is 5.92 Å². The van der Waals surface area contributed by atoms with Crippen LogP contribution in [0.5, 0.6) is 0 Å². The number of allylic oxidation sites excluding steroid dienone is 4. The summed E-state index contributed by atoms with van der Waals surface area (Å²) in [4.78, 5) is 1.53. The smallest absolute Gasteiger partial charge is 0.0286 e. The molecular weight excluding hydrogens is 224 g/mol. The molecule has 1 heteroatoms. The maximum atomic E-state index is 5.58. The standard InChI is InChI=1S/C16H22S/c1-4-15-10-11-17(3,13-15)16-9-7-5-6-8-14(2)12-16/h1,7,9,12,15H,2,5-6,8,10-11,13H2,3H3/b9-7-,16-12+. The molecule has 0 aromatic heterocycles. The highest BCUT2D eigenvalue weighted by Crippen LogP contribution is 2.59. The van der Waals surface area contributed by atoms with Crippen molar-refractivity contribution in [1.29, 1.82) is 0 Å². The third kappa shape index (κ3) is 2.87. The van der Waals surface area contributed by atoms with Crippen molar-refractivity contribution < 1.29 is 0 Å². The normalized spacial score (nSPS) is 42.5. The molecule has 0 aromatic carbocycles. The Kier molecular flexibility index (Phi) is 3.84. The summed E-state index contributed by atoms with van der Waals surface area (Å²) in [7, 11) is -0.668. The van der Waals surface area contributed by atoms with Gasteiger partial charge in [-0.3, -0.25) is 0 Å². The van der Waals surface area contributed by atoms with E-state index < -0.39 is 10.0 Å². The van der Waals surface area contributed by atoms with Gasteiger partial charge in [0.2, 0.25) is 0 Å². The van der Waals surface area contributed by atoms with Crippen molar-refractivity contribution in [3.63, 3.8) is 0 Å². The van der Waals surface area contributed by atoms with Crippen molar-refractivity contribution >= 4 is 10.0 Å². The molecule has 2 atom stereocenters. The fraction of sp³-hybridized carbons (Fsp3) is 0.500. The SMILES string of the molecule is C#CC1CCS(C)(C2=C/C(=C)CCC/C=C\2)C1. The molecule has 92 valence electrons. The van der Waals surface area contributed by atoms with Crippen LogP contribution >= 0.6 is 10.0 Å². The van der Waals surface area contributed by atoms with Crippen molar-refractivity contribution in [2.45, 2.75) is 25.7 Å². The quantitative estimate of drug-likeness (QED) is 0.607. The van der Waals surface area contributed by atoms with Crippen LogP contribution in [0.3, 0.4) is 0 Å². The molecule has 2 unspecified atom stereocenters. The molecule has 0 amide bonds. The fourth-order valence-corrected chi connectivity index (χ4v) is 6.06. The van der Waals surface area contributed by atoms with Gasteiger partial charge in [-0.05, 0) is 54.4 Å². The molecule has 17 heavy (non-hydrogen) atoms. The highest BCUT2D eigenvalue weighted by molar-refractivity contribution is 8.36. The summed E-state index contributed by atoms with van der Waals surface area (Å²) in [5, 5.41) is 0. The second kappa shape index (κ2) is 5.19. The summed E-state index contributed by atoms with van der Waals surface area (Å²) < 4.78 is 0. The average Bonchev–Trinajstić information content (AvgIpc) is 2.66. The van der Waals surface area contributed by atoms with Crippen LogP contribution in [0, 0.1) is 18.3 Å². The summed E-state index contributed by atoms with van der Waals surface area (Å²) in [6.07, 6.45) is 19.8. The lowest BCUT2D eigenvalue weighted by Crippen LogP contribution is -2.05. The minimum atomic E-state index is -0.668. The van der Waals surface area contributed by atoms with E-state index in [0.717, 1.165) is 6.42 Å². The Morgan fingerprint density at radius 2 is 2.35 bits per heavy atom. The van der Waals surface area contributed by atoms with Crippen molar-refractivity contribution in [3.05, 3.63) is 35.3 Å². The minimum absolute atomic E-state index is 0.503. The molecule has 2 rings (SSSR count). The van der Waals surface area contributed by atoms with E-state index in [9.17, 15) is 0 Å². The lowest BCUT2D eigenvalue weighted by molar-refractivity contribution is 0.776. The lowest BCUT2D eigenvalue weighted by atomic mass is 10.1. The van der Waals surface area contributed by atoms with Crippen LogP contribution < -0.4 is 0 Å². The predicted octanol–water partition coefficient (Wildman–Crippen LogP) is 4.25. The Labute approximate surface area is 107 Å². The zero-order valence-corrected chi connectivity index (χ0v) is 11.6. The summed E-state index contributed by atoms with van der Waals surface area (Å²) in [5.74, 6) is 5.96. The first kappa shape index (κ1) is 12.6. The molecule has 0 nitrogen and oxygen atoms in total. The van der Waals surface area contributed by atoms with E-state index in [4.69, 9.17) is 6.42 Å². The molecule has 1 fully saturated rings. The zero-order chi connectivity index (χ0) is 12.3. The molecule has 1 aliphatic heterocycles. The molecule has 0 bridgehead atoms. The van der Waals surface area contributed by atoms with Gasteiger partial charge < -0.3 is 0 Å². The number of terminal acetylenes is 1. The number of hydrogen-bond donors (Lipinski definition) is 0.